The van der Waals surface area contributed by atoms with Gasteiger partial charge in [-0.3, -0.25) is 9.20 Å². The van der Waals surface area contributed by atoms with Gasteiger partial charge in [-0.15, -0.1) is 0 Å². The van der Waals surface area contributed by atoms with E-state index in [1.54, 1.807) is 13.2 Å². The number of imidazole rings is 1. The third kappa shape index (κ3) is 3.97. The number of rotatable bonds is 7. The van der Waals surface area contributed by atoms with Gasteiger partial charge in [-0.25, -0.2) is 4.98 Å². The lowest BCUT2D eigenvalue weighted by molar-refractivity contribution is -0.119. The first-order chi connectivity index (χ1) is 15.4. The first-order valence-electron chi connectivity index (χ1n) is 10.3. The maximum atomic E-state index is 11.4. The van der Waals surface area contributed by atoms with Gasteiger partial charge < -0.3 is 20.5 Å². The summed E-state index contributed by atoms with van der Waals surface area (Å²) in [6, 6.07) is 15.7. The van der Waals surface area contributed by atoms with Crippen molar-refractivity contribution in [1.29, 1.82) is 0 Å². The quantitative estimate of drug-likeness (QED) is 0.449. The number of amides is 1. The van der Waals surface area contributed by atoms with Gasteiger partial charge in [0.25, 0.3) is 5.91 Å². The number of hydrogen-bond acceptors (Lipinski definition) is 5. The van der Waals surface area contributed by atoms with Crippen LogP contribution in [0.3, 0.4) is 0 Å². The van der Waals surface area contributed by atoms with E-state index in [1.807, 2.05) is 47.9 Å². The van der Waals surface area contributed by atoms with E-state index >= 15 is 0 Å². The Morgan fingerprint density at radius 2 is 1.81 bits per heavy atom. The molecule has 0 aliphatic heterocycles. The molecule has 2 heterocycles. The molecule has 0 unspecified atom stereocenters. The van der Waals surface area contributed by atoms with Crippen molar-refractivity contribution in [3.63, 3.8) is 0 Å². The summed E-state index contributed by atoms with van der Waals surface area (Å²) in [4.78, 5) is 16.3. The normalized spacial score (nSPS) is 10.9. The molecule has 1 amide bonds. The smallest absolute Gasteiger partial charge is 0.255 e. The molecule has 7 heteroatoms. The minimum atomic E-state index is -0.555. The standard InChI is InChI=1S/C25H26N4O3/c1-15-8-7-9-16(2)23(15)28-25-24(27-21-10-5-6-11-29(21)25)22-17(3)12-18(31-4)13-19(22)32-14-20(26)30/h5-13,28H,14H2,1-4H3,(H2,26,30). The Bertz CT molecular complexity index is 1290. The SMILES string of the molecule is COc1cc(C)c(-c2nc3ccccn3c2Nc2c(C)cccc2C)c(OCC(N)=O)c1. The van der Waals surface area contributed by atoms with Crippen LogP contribution >= 0.6 is 0 Å². The van der Waals surface area contributed by atoms with E-state index in [-0.39, 0.29) is 6.61 Å². The maximum Gasteiger partial charge on any atom is 0.255 e. The number of anilines is 2. The lowest BCUT2D eigenvalue weighted by Gasteiger charge is -2.17. The van der Waals surface area contributed by atoms with Crippen LogP contribution in [-0.2, 0) is 4.79 Å². The first kappa shape index (κ1) is 21.2. The number of aryl methyl sites for hydroxylation is 3. The van der Waals surface area contributed by atoms with E-state index in [9.17, 15) is 4.79 Å². The van der Waals surface area contributed by atoms with Crippen LogP contribution in [-0.4, -0.2) is 29.0 Å². The summed E-state index contributed by atoms with van der Waals surface area (Å²) in [5.74, 6) is 1.35. The second-order valence-electron chi connectivity index (χ2n) is 7.70. The summed E-state index contributed by atoms with van der Waals surface area (Å²) >= 11 is 0. The molecule has 4 rings (SSSR count). The molecule has 0 aliphatic rings. The minimum Gasteiger partial charge on any atom is -0.497 e. The molecule has 32 heavy (non-hydrogen) atoms. The fourth-order valence-electron chi connectivity index (χ4n) is 3.83. The van der Waals surface area contributed by atoms with Crippen molar-refractivity contribution in [2.45, 2.75) is 20.8 Å². The van der Waals surface area contributed by atoms with Crippen LogP contribution < -0.4 is 20.5 Å². The van der Waals surface area contributed by atoms with Crippen LogP contribution in [0.5, 0.6) is 11.5 Å². The monoisotopic (exact) mass is 430 g/mol. The summed E-state index contributed by atoms with van der Waals surface area (Å²) < 4.78 is 13.2. The number of para-hydroxylation sites is 1. The number of primary amides is 1. The second-order valence-corrected chi connectivity index (χ2v) is 7.70. The molecule has 4 aromatic rings. The van der Waals surface area contributed by atoms with Gasteiger partial charge in [0.2, 0.25) is 0 Å². The van der Waals surface area contributed by atoms with Crippen molar-refractivity contribution in [3.8, 4) is 22.8 Å². The van der Waals surface area contributed by atoms with Crippen molar-refractivity contribution in [3.05, 3.63) is 71.4 Å². The highest BCUT2D eigenvalue weighted by atomic mass is 16.5. The third-order valence-corrected chi connectivity index (χ3v) is 5.37. The van der Waals surface area contributed by atoms with Crippen LogP contribution in [0.15, 0.2) is 54.7 Å². The molecule has 2 aromatic heterocycles. The summed E-state index contributed by atoms with van der Waals surface area (Å²) in [5.41, 5.74) is 11.8. The number of ether oxygens (including phenoxy) is 2. The van der Waals surface area contributed by atoms with Crippen molar-refractivity contribution < 1.29 is 14.3 Å². The Hall–Kier alpha value is -4.00. The van der Waals surface area contributed by atoms with Crippen molar-refractivity contribution in [1.82, 2.24) is 9.38 Å². The predicted molar refractivity (Wildman–Crippen MR) is 126 cm³/mol. The van der Waals surface area contributed by atoms with Crippen LogP contribution in [0.25, 0.3) is 16.9 Å². The largest absolute Gasteiger partial charge is 0.497 e. The summed E-state index contributed by atoms with van der Waals surface area (Å²) in [6.45, 7) is 5.85. The molecule has 0 bridgehead atoms. The van der Waals surface area contributed by atoms with Gasteiger partial charge in [0, 0.05) is 23.5 Å². The fourth-order valence-corrected chi connectivity index (χ4v) is 3.83. The highest BCUT2D eigenvalue weighted by molar-refractivity contribution is 5.86. The fraction of sp³-hybridized carbons (Fsp3) is 0.200. The number of aromatic nitrogens is 2. The zero-order valence-corrected chi connectivity index (χ0v) is 18.6. The number of nitrogens with zero attached hydrogens (tertiary/aromatic N) is 2. The molecule has 2 aromatic carbocycles. The van der Waals surface area contributed by atoms with E-state index in [1.165, 1.54) is 0 Å². The van der Waals surface area contributed by atoms with Gasteiger partial charge in [-0.1, -0.05) is 24.3 Å². The van der Waals surface area contributed by atoms with Gasteiger partial charge in [-0.2, -0.15) is 0 Å². The predicted octanol–water partition coefficient (Wildman–Crippen LogP) is 4.54. The molecule has 0 fully saturated rings. The van der Waals surface area contributed by atoms with E-state index in [0.717, 1.165) is 39.4 Å². The number of pyridine rings is 1. The highest BCUT2D eigenvalue weighted by Gasteiger charge is 2.22. The van der Waals surface area contributed by atoms with Gasteiger partial charge in [0.05, 0.1) is 7.11 Å². The molecular weight excluding hydrogens is 404 g/mol. The maximum absolute atomic E-state index is 11.4. The Kier molecular flexibility index (Phi) is 5.73. The van der Waals surface area contributed by atoms with Gasteiger partial charge in [-0.05, 0) is 55.7 Å². The number of hydrogen-bond donors (Lipinski definition) is 2. The first-order valence-corrected chi connectivity index (χ1v) is 10.3. The van der Waals surface area contributed by atoms with E-state index in [2.05, 4.69) is 31.3 Å². The number of benzene rings is 2. The number of fused-ring (bicyclic) bond motifs is 1. The van der Waals surface area contributed by atoms with Crippen molar-refractivity contribution in [2.24, 2.45) is 5.73 Å². The summed E-state index contributed by atoms with van der Waals surface area (Å²) in [7, 11) is 1.59. The van der Waals surface area contributed by atoms with Gasteiger partial charge in [0.1, 0.15) is 28.7 Å². The van der Waals surface area contributed by atoms with Crippen LogP contribution in [0.4, 0.5) is 11.5 Å². The average Bonchev–Trinajstić information content (AvgIpc) is 3.12. The highest BCUT2D eigenvalue weighted by Crippen LogP contribution is 2.41. The van der Waals surface area contributed by atoms with Gasteiger partial charge in [0.15, 0.2) is 6.61 Å². The topological polar surface area (TPSA) is 90.9 Å². The number of carbonyl (C=O) groups is 1. The van der Waals surface area contributed by atoms with Crippen LogP contribution in [0, 0.1) is 20.8 Å². The summed E-state index contributed by atoms with van der Waals surface area (Å²) in [6.07, 6.45) is 1.96. The molecule has 0 aliphatic carbocycles. The van der Waals surface area contributed by atoms with E-state index < -0.39 is 5.91 Å². The number of methoxy groups -OCH3 is 1. The van der Waals surface area contributed by atoms with E-state index in [0.29, 0.717) is 17.2 Å². The van der Waals surface area contributed by atoms with Crippen LogP contribution in [0.1, 0.15) is 16.7 Å². The van der Waals surface area contributed by atoms with E-state index in [4.69, 9.17) is 20.2 Å². The Morgan fingerprint density at radius 3 is 2.50 bits per heavy atom. The molecule has 0 saturated heterocycles. The average molecular weight is 431 g/mol. The number of nitrogens with one attached hydrogen (secondary N) is 1. The van der Waals surface area contributed by atoms with Crippen LogP contribution in [0.2, 0.25) is 0 Å². The van der Waals surface area contributed by atoms with Gasteiger partial charge >= 0.3 is 0 Å². The molecule has 0 spiro atoms. The minimum absolute atomic E-state index is 0.243. The number of carbonyl (C=O) groups excluding carboxylic acids is 1. The molecule has 164 valence electrons. The Morgan fingerprint density at radius 1 is 1.06 bits per heavy atom. The summed E-state index contributed by atoms with van der Waals surface area (Å²) in [5, 5.41) is 3.60. The molecule has 0 atom stereocenters. The zero-order valence-electron chi connectivity index (χ0n) is 18.6. The molecule has 7 nitrogen and oxygen atoms in total. The van der Waals surface area contributed by atoms with Crippen molar-refractivity contribution in [2.75, 3.05) is 19.0 Å². The lowest BCUT2D eigenvalue weighted by Crippen LogP contribution is -2.20. The van der Waals surface area contributed by atoms with Crippen molar-refractivity contribution >= 4 is 23.1 Å². The zero-order chi connectivity index (χ0) is 22.8. The lowest BCUT2D eigenvalue weighted by atomic mass is 10.0. The third-order valence-electron chi connectivity index (χ3n) is 5.37. The number of nitrogens with two attached hydrogens (primary N) is 1. The Balaban J connectivity index is 1.96. The molecule has 3 N–H and O–H groups in total. The molecular formula is C25H26N4O3. The Labute approximate surface area is 186 Å². The molecule has 0 radical (unpaired) electrons. The molecule has 0 saturated carbocycles. The second kappa shape index (κ2) is 8.63.